The van der Waals surface area contributed by atoms with Crippen LogP contribution in [0.25, 0.3) is 44.6 Å². The molecule has 0 saturated heterocycles. The molecule has 0 spiro atoms. The van der Waals surface area contributed by atoms with Crippen LogP contribution in [-0.4, -0.2) is 23.0 Å². The van der Waals surface area contributed by atoms with Crippen molar-refractivity contribution in [1.82, 2.24) is 15.0 Å². The molecule has 0 aliphatic heterocycles. The molecule has 243 valence electrons. The molecule has 1 radical (unpaired) electrons. The van der Waals surface area contributed by atoms with Crippen molar-refractivity contribution >= 4 is 35.3 Å². The summed E-state index contributed by atoms with van der Waals surface area (Å²) in [6.45, 7) is 9.34. The second kappa shape index (κ2) is 14.4. The number of aromatic nitrogens is 3. The van der Waals surface area contributed by atoms with Crippen LogP contribution >= 0.6 is 0 Å². The summed E-state index contributed by atoms with van der Waals surface area (Å²) >= 11 is 0. The number of pyridine rings is 3. The number of rotatable bonds is 6. The summed E-state index contributed by atoms with van der Waals surface area (Å²) in [4.78, 5) is 13.7. The third kappa shape index (κ3) is 7.21. The molecule has 4 nitrogen and oxygen atoms in total. The quantitative estimate of drug-likeness (QED) is 0.124. The van der Waals surface area contributed by atoms with Crippen molar-refractivity contribution < 1.29 is 24.5 Å². The molecule has 6 heteroatoms. The van der Waals surface area contributed by atoms with Gasteiger partial charge in [-0.25, -0.2) is 4.98 Å². The van der Waals surface area contributed by atoms with Crippen LogP contribution in [0.2, 0.25) is 19.6 Å². The Balaban J connectivity index is 0.000000178. The molecular formula is C41H43IrN3OSi-2. The zero-order valence-corrected chi connectivity index (χ0v) is 31.2. The minimum absolute atomic E-state index is 0. The average Bonchev–Trinajstić information content (AvgIpc) is 3.48. The van der Waals surface area contributed by atoms with E-state index < -0.39 is 8.07 Å². The number of hydrogen-bond donors (Lipinski definition) is 0. The molecule has 1 atom stereocenters. The number of nitrogens with zero attached hydrogens (tertiary/aromatic N) is 3. The third-order valence-electron chi connectivity index (χ3n) is 10.1. The summed E-state index contributed by atoms with van der Waals surface area (Å²) in [5, 5.41) is 3.60. The Morgan fingerprint density at radius 1 is 0.830 bits per heavy atom. The van der Waals surface area contributed by atoms with E-state index in [1.54, 1.807) is 6.20 Å². The summed E-state index contributed by atoms with van der Waals surface area (Å²) < 4.78 is 6.09. The fraction of sp³-hybridized carbons (Fsp3) is 0.341. The minimum Gasteiger partial charge on any atom is -0.486 e. The predicted octanol–water partition coefficient (Wildman–Crippen LogP) is 9.87. The van der Waals surface area contributed by atoms with Crippen molar-refractivity contribution in [3.05, 3.63) is 109 Å². The van der Waals surface area contributed by atoms with Crippen LogP contribution in [0.1, 0.15) is 50.2 Å². The van der Waals surface area contributed by atoms with E-state index in [1.807, 2.05) is 36.5 Å². The fourth-order valence-corrected chi connectivity index (χ4v) is 9.40. The van der Waals surface area contributed by atoms with E-state index in [-0.39, 0.29) is 20.1 Å². The first-order valence-corrected chi connectivity index (χ1v) is 20.5. The van der Waals surface area contributed by atoms with E-state index in [1.165, 1.54) is 54.8 Å². The van der Waals surface area contributed by atoms with Crippen molar-refractivity contribution in [1.29, 1.82) is 0 Å². The van der Waals surface area contributed by atoms with Crippen LogP contribution < -0.4 is 5.19 Å². The Labute approximate surface area is 293 Å². The number of aryl methyl sites for hydroxylation is 1. The molecule has 0 N–H and O–H groups in total. The van der Waals surface area contributed by atoms with Gasteiger partial charge < -0.3 is 14.4 Å². The van der Waals surface area contributed by atoms with Gasteiger partial charge in [0.05, 0.1) is 13.7 Å². The number of furan rings is 1. The zero-order chi connectivity index (χ0) is 31.7. The van der Waals surface area contributed by atoms with Gasteiger partial charge in [-0.3, -0.25) is 0 Å². The molecule has 47 heavy (non-hydrogen) atoms. The second-order valence-corrected chi connectivity index (χ2v) is 19.2. The maximum atomic E-state index is 6.09. The van der Waals surface area contributed by atoms with Gasteiger partial charge in [0.25, 0.3) is 0 Å². The Morgan fingerprint density at radius 3 is 2.40 bits per heavy atom. The molecule has 9 rings (SSSR count). The maximum absolute atomic E-state index is 6.09. The van der Waals surface area contributed by atoms with Gasteiger partial charge in [0, 0.05) is 44.1 Å². The van der Waals surface area contributed by atoms with Gasteiger partial charge in [-0.05, 0) is 84.6 Å². The van der Waals surface area contributed by atoms with Crippen molar-refractivity contribution in [3.63, 3.8) is 0 Å². The maximum Gasteiger partial charge on any atom is 0.216 e. The van der Waals surface area contributed by atoms with Gasteiger partial charge in [0.15, 0.2) is 0 Å². The minimum atomic E-state index is -1.30. The van der Waals surface area contributed by atoms with Gasteiger partial charge in [-0.1, -0.05) is 73.6 Å². The van der Waals surface area contributed by atoms with Gasteiger partial charge in [-0.2, -0.15) is 0 Å². The van der Waals surface area contributed by atoms with E-state index >= 15 is 0 Å². The van der Waals surface area contributed by atoms with E-state index in [4.69, 9.17) is 4.42 Å². The van der Waals surface area contributed by atoms with Gasteiger partial charge in [0.1, 0.15) is 0 Å². The SMILES string of the molecule is CCc1cc(-c2[c-]cccc2)ncc1[Si](C)(C)C.[Ir].[c-]1ccc2c(oc3ncccc32)c1-c1cc(CC2CC3CCC2CC3)ccn1. The van der Waals surface area contributed by atoms with Crippen LogP contribution in [0.4, 0.5) is 0 Å². The summed E-state index contributed by atoms with van der Waals surface area (Å²) in [6.07, 6.45) is 15.2. The van der Waals surface area contributed by atoms with Crippen molar-refractivity contribution in [2.45, 2.75) is 71.5 Å². The molecule has 4 heterocycles. The Hall–Kier alpha value is -3.44. The first-order valence-electron chi connectivity index (χ1n) is 17.0. The molecule has 3 fully saturated rings. The van der Waals surface area contributed by atoms with Crippen LogP contribution in [0.5, 0.6) is 0 Å². The summed E-state index contributed by atoms with van der Waals surface area (Å²) in [7, 11) is -1.30. The molecule has 3 saturated carbocycles. The van der Waals surface area contributed by atoms with Crippen molar-refractivity contribution in [2.75, 3.05) is 0 Å². The largest absolute Gasteiger partial charge is 0.486 e. The Morgan fingerprint density at radius 2 is 1.68 bits per heavy atom. The normalized spacial score (nSPS) is 18.9. The average molecular weight is 814 g/mol. The molecule has 0 amide bonds. The molecule has 6 aromatic rings. The predicted molar refractivity (Wildman–Crippen MR) is 192 cm³/mol. The monoisotopic (exact) mass is 814 g/mol. The van der Waals surface area contributed by atoms with Crippen LogP contribution in [-0.2, 0) is 32.9 Å². The molecule has 1 unspecified atom stereocenters. The first kappa shape index (κ1) is 33.5. The molecule has 4 aromatic heterocycles. The van der Waals surface area contributed by atoms with E-state index in [0.29, 0.717) is 5.71 Å². The molecule has 3 aliphatic rings. The molecule has 3 aliphatic carbocycles. The smallest absolute Gasteiger partial charge is 0.216 e. The van der Waals surface area contributed by atoms with Crippen molar-refractivity contribution in [2.24, 2.45) is 17.8 Å². The first-order chi connectivity index (χ1) is 22.4. The van der Waals surface area contributed by atoms with Gasteiger partial charge in [-0.15, -0.1) is 54.1 Å². The standard InChI is InChI=1S/C25H23N2O.C16H20NSi.Ir/c1-3-20-21-5-2-11-27-25(21)28-24(20)22(4-1)23-15-17(10-12-26-23)14-19-13-16-6-8-18(19)9-7-16;1-5-13-11-15(14-9-7-6-8-10-14)17-12-16(13)18(2,3)4;/h1-3,5,10-12,15-16,18-19H,6-9,13-14H2;6-9,11-12H,5H2,1-4H3;/q2*-1;. The van der Waals surface area contributed by atoms with Crippen molar-refractivity contribution in [3.8, 4) is 22.5 Å². The van der Waals surface area contributed by atoms with E-state index in [9.17, 15) is 0 Å². The number of hydrogen-bond acceptors (Lipinski definition) is 4. The topological polar surface area (TPSA) is 51.8 Å². The summed E-state index contributed by atoms with van der Waals surface area (Å²) in [5.41, 5.74) is 8.33. The van der Waals surface area contributed by atoms with Crippen LogP contribution in [0, 0.1) is 29.9 Å². The summed E-state index contributed by atoms with van der Waals surface area (Å²) in [5.74, 6) is 2.75. The number of benzene rings is 2. The summed E-state index contributed by atoms with van der Waals surface area (Å²) in [6, 6.07) is 29.3. The van der Waals surface area contributed by atoms with Gasteiger partial charge in [0.2, 0.25) is 5.71 Å². The van der Waals surface area contributed by atoms with E-state index in [0.717, 1.165) is 63.0 Å². The molecular weight excluding hydrogens is 771 g/mol. The Bertz CT molecular complexity index is 1960. The fourth-order valence-electron chi connectivity index (χ4n) is 7.74. The van der Waals surface area contributed by atoms with Crippen LogP contribution in [0.3, 0.4) is 0 Å². The second-order valence-electron chi connectivity index (χ2n) is 14.2. The third-order valence-corrected chi connectivity index (χ3v) is 12.2. The number of fused-ring (bicyclic) bond motifs is 6. The molecule has 2 bridgehead atoms. The van der Waals surface area contributed by atoms with Gasteiger partial charge >= 0.3 is 0 Å². The Kier molecular flexibility index (Phi) is 10.2. The van der Waals surface area contributed by atoms with E-state index in [2.05, 4.69) is 96.2 Å². The van der Waals surface area contributed by atoms with Crippen LogP contribution in [0.15, 0.2) is 89.7 Å². The molecule has 2 aromatic carbocycles. The zero-order valence-electron chi connectivity index (χ0n) is 27.8.